The van der Waals surface area contributed by atoms with Crippen LogP contribution in [0.15, 0.2) is 18.2 Å². The Morgan fingerprint density at radius 3 is 2.36 bits per heavy atom. The fourth-order valence-electron chi connectivity index (χ4n) is 1.07. The molecule has 76 valence electrons. The van der Waals surface area contributed by atoms with Gasteiger partial charge in [-0.1, -0.05) is 0 Å². The second-order valence-electron chi connectivity index (χ2n) is 2.78. The minimum Gasteiger partial charge on any atom is -0.508 e. The van der Waals surface area contributed by atoms with Crippen molar-refractivity contribution in [3.63, 3.8) is 0 Å². The largest absolute Gasteiger partial charge is 0.508 e. The molecule has 0 spiro atoms. The van der Waals surface area contributed by atoms with E-state index in [1.165, 1.54) is 0 Å². The number of Topliss-reactive ketones (excluding diaryl/α,β-unsaturated/α-hetero) is 1. The first-order chi connectivity index (χ1) is 6.32. The molecule has 1 rings (SSSR count). The van der Waals surface area contributed by atoms with Crippen LogP contribution >= 0.6 is 0 Å². The Morgan fingerprint density at radius 2 is 1.93 bits per heavy atom. The standard InChI is InChI=1S/C9H7F3O2/c1-5(13)7-3-2-6(14)4-8(7)9(10,11)12/h2-4,14H,1H3. The van der Waals surface area contributed by atoms with Gasteiger partial charge in [0.15, 0.2) is 5.78 Å². The number of phenols is 1. The number of hydrogen-bond acceptors (Lipinski definition) is 2. The zero-order valence-corrected chi connectivity index (χ0v) is 7.22. The summed E-state index contributed by atoms with van der Waals surface area (Å²) in [5.74, 6) is -1.19. The molecule has 14 heavy (non-hydrogen) atoms. The first-order valence-corrected chi connectivity index (χ1v) is 3.73. The highest BCUT2D eigenvalue weighted by Crippen LogP contribution is 2.34. The van der Waals surface area contributed by atoms with E-state index >= 15 is 0 Å². The maximum Gasteiger partial charge on any atom is 0.417 e. The molecular weight excluding hydrogens is 197 g/mol. The lowest BCUT2D eigenvalue weighted by Gasteiger charge is -2.10. The van der Waals surface area contributed by atoms with Crippen molar-refractivity contribution in [2.24, 2.45) is 0 Å². The number of aromatic hydroxyl groups is 1. The van der Waals surface area contributed by atoms with Crippen LogP contribution in [0.3, 0.4) is 0 Å². The molecule has 0 heterocycles. The number of carbonyl (C=O) groups excluding carboxylic acids is 1. The number of phenolic OH excluding ortho intramolecular Hbond substituents is 1. The molecular formula is C9H7F3O2. The quantitative estimate of drug-likeness (QED) is 0.714. The Kier molecular flexibility index (Phi) is 2.51. The molecule has 0 aliphatic heterocycles. The van der Waals surface area contributed by atoms with Gasteiger partial charge < -0.3 is 5.11 Å². The van der Waals surface area contributed by atoms with E-state index in [0.717, 1.165) is 19.1 Å². The van der Waals surface area contributed by atoms with Gasteiger partial charge in [-0.2, -0.15) is 13.2 Å². The zero-order valence-electron chi connectivity index (χ0n) is 7.22. The first kappa shape index (κ1) is 10.6. The maximum atomic E-state index is 12.3. The van der Waals surface area contributed by atoms with Crippen LogP contribution in [0, 0.1) is 0 Å². The van der Waals surface area contributed by atoms with Crippen molar-refractivity contribution in [3.05, 3.63) is 29.3 Å². The van der Waals surface area contributed by atoms with Gasteiger partial charge in [0.2, 0.25) is 0 Å². The molecule has 0 radical (unpaired) electrons. The van der Waals surface area contributed by atoms with Crippen molar-refractivity contribution in [2.45, 2.75) is 13.1 Å². The molecule has 1 aromatic carbocycles. The van der Waals surface area contributed by atoms with Crippen molar-refractivity contribution >= 4 is 5.78 Å². The molecule has 1 N–H and O–H groups in total. The van der Waals surface area contributed by atoms with Crippen LogP contribution in [-0.4, -0.2) is 10.9 Å². The average molecular weight is 204 g/mol. The highest BCUT2D eigenvalue weighted by Gasteiger charge is 2.34. The number of ketones is 1. The number of rotatable bonds is 1. The number of benzene rings is 1. The van der Waals surface area contributed by atoms with Gasteiger partial charge >= 0.3 is 6.18 Å². The lowest BCUT2D eigenvalue weighted by Crippen LogP contribution is -2.11. The summed E-state index contributed by atoms with van der Waals surface area (Å²) in [5, 5.41) is 8.87. The van der Waals surface area contributed by atoms with Crippen molar-refractivity contribution < 1.29 is 23.1 Å². The fraction of sp³-hybridized carbons (Fsp3) is 0.222. The normalized spacial score (nSPS) is 11.4. The van der Waals surface area contributed by atoms with E-state index in [-0.39, 0.29) is 0 Å². The van der Waals surface area contributed by atoms with Gasteiger partial charge in [-0.05, 0) is 25.1 Å². The topological polar surface area (TPSA) is 37.3 Å². The van der Waals surface area contributed by atoms with Gasteiger partial charge in [-0.3, -0.25) is 4.79 Å². The van der Waals surface area contributed by atoms with Gasteiger partial charge in [0.25, 0.3) is 0 Å². The van der Waals surface area contributed by atoms with Crippen LogP contribution in [0.2, 0.25) is 0 Å². The second kappa shape index (κ2) is 3.32. The van der Waals surface area contributed by atoms with Crippen molar-refractivity contribution in [3.8, 4) is 5.75 Å². The molecule has 2 nitrogen and oxygen atoms in total. The summed E-state index contributed by atoms with van der Waals surface area (Å²) in [5.41, 5.74) is -1.54. The molecule has 0 fully saturated rings. The molecule has 0 unspecified atom stereocenters. The average Bonchev–Trinajstić information content (AvgIpc) is 2.01. The van der Waals surface area contributed by atoms with Crippen LogP contribution < -0.4 is 0 Å². The van der Waals surface area contributed by atoms with Gasteiger partial charge in [0, 0.05) is 5.56 Å². The van der Waals surface area contributed by atoms with Gasteiger partial charge in [-0.25, -0.2) is 0 Å². The fourth-order valence-corrected chi connectivity index (χ4v) is 1.07. The molecule has 0 saturated carbocycles. The van der Waals surface area contributed by atoms with Crippen molar-refractivity contribution in [1.82, 2.24) is 0 Å². The lowest BCUT2D eigenvalue weighted by atomic mass is 10.0. The zero-order chi connectivity index (χ0) is 10.9. The Balaban J connectivity index is 3.38. The van der Waals surface area contributed by atoms with Crippen LogP contribution in [0.1, 0.15) is 22.8 Å². The molecule has 0 bridgehead atoms. The van der Waals surface area contributed by atoms with Crippen LogP contribution in [0.5, 0.6) is 5.75 Å². The highest BCUT2D eigenvalue weighted by atomic mass is 19.4. The number of alkyl halides is 3. The number of carbonyl (C=O) groups is 1. The number of halogens is 3. The minimum absolute atomic E-state index is 0.435. The third kappa shape index (κ3) is 2.04. The van der Waals surface area contributed by atoms with Crippen LogP contribution in [0.4, 0.5) is 13.2 Å². The molecule has 0 amide bonds. The highest BCUT2D eigenvalue weighted by molar-refractivity contribution is 5.95. The van der Waals surface area contributed by atoms with E-state index in [0.29, 0.717) is 6.07 Å². The summed E-state index contributed by atoms with van der Waals surface area (Å²) in [6, 6.07) is 2.54. The van der Waals surface area contributed by atoms with Gasteiger partial charge in [0.05, 0.1) is 5.56 Å². The second-order valence-corrected chi connectivity index (χ2v) is 2.78. The van der Waals surface area contributed by atoms with Crippen molar-refractivity contribution in [1.29, 1.82) is 0 Å². The van der Waals surface area contributed by atoms with E-state index in [9.17, 15) is 18.0 Å². The minimum atomic E-state index is -4.63. The predicted octanol–water partition coefficient (Wildman–Crippen LogP) is 2.61. The summed E-state index contributed by atoms with van der Waals surface area (Å²) >= 11 is 0. The third-order valence-electron chi connectivity index (χ3n) is 1.69. The molecule has 1 aromatic rings. The Morgan fingerprint density at radius 1 is 1.36 bits per heavy atom. The Labute approximate surface area is 78.0 Å². The van der Waals surface area contributed by atoms with E-state index in [1.807, 2.05) is 0 Å². The molecule has 0 aromatic heterocycles. The first-order valence-electron chi connectivity index (χ1n) is 3.73. The summed E-state index contributed by atoms with van der Waals surface area (Å²) < 4.78 is 37.0. The van der Waals surface area contributed by atoms with E-state index in [4.69, 9.17) is 5.11 Å². The molecule has 0 saturated heterocycles. The van der Waals surface area contributed by atoms with Gasteiger partial charge in [-0.15, -0.1) is 0 Å². The maximum absolute atomic E-state index is 12.3. The molecule has 0 atom stereocenters. The summed E-state index contributed by atoms with van der Waals surface area (Å²) in [6.45, 7) is 1.04. The summed E-state index contributed by atoms with van der Waals surface area (Å²) in [7, 11) is 0. The monoisotopic (exact) mass is 204 g/mol. The molecule has 0 aliphatic rings. The van der Waals surface area contributed by atoms with Gasteiger partial charge in [0.1, 0.15) is 5.75 Å². The van der Waals surface area contributed by atoms with Crippen molar-refractivity contribution in [2.75, 3.05) is 0 Å². The van der Waals surface area contributed by atoms with Crippen LogP contribution in [0.25, 0.3) is 0 Å². The SMILES string of the molecule is CC(=O)c1ccc(O)cc1C(F)(F)F. The van der Waals surface area contributed by atoms with E-state index < -0.39 is 28.8 Å². The van der Waals surface area contributed by atoms with Crippen LogP contribution in [-0.2, 0) is 6.18 Å². The Bertz CT molecular complexity index is 369. The Hall–Kier alpha value is -1.52. The molecule has 5 heteroatoms. The number of hydrogen-bond donors (Lipinski definition) is 1. The summed E-state index contributed by atoms with van der Waals surface area (Å²) in [6.07, 6.45) is -4.63. The smallest absolute Gasteiger partial charge is 0.417 e. The lowest BCUT2D eigenvalue weighted by molar-refractivity contribution is -0.138. The third-order valence-corrected chi connectivity index (χ3v) is 1.69. The van der Waals surface area contributed by atoms with E-state index in [1.54, 1.807) is 0 Å². The predicted molar refractivity (Wildman–Crippen MR) is 43.1 cm³/mol. The van der Waals surface area contributed by atoms with E-state index in [2.05, 4.69) is 0 Å². The molecule has 0 aliphatic carbocycles. The summed E-state index contributed by atoms with van der Waals surface area (Å²) in [4.78, 5) is 10.8.